The molecule has 17 nitrogen and oxygen atoms in total. The number of carbonyl (C=O) groups excluding carboxylic acids is 4. The van der Waals surface area contributed by atoms with Gasteiger partial charge in [-0.2, -0.15) is 0 Å². The predicted molar refractivity (Wildman–Crippen MR) is 377 cm³/mol. The molecular formula is C74H144O17P2. The molecule has 0 spiro atoms. The normalized spacial score (nSPS) is 14.3. The Morgan fingerprint density at radius 2 is 0.516 bits per heavy atom. The van der Waals surface area contributed by atoms with Crippen LogP contribution in [0.5, 0.6) is 0 Å². The van der Waals surface area contributed by atoms with Crippen molar-refractivity contribution < 1.29 is 80.2 Å². The highest BCUT2D eigenvalue weighted by Gasteiger charge is 2.30. The van der Waals surface area contributed by atoms with Gasteiger partial charge in [-0.3, -0.25) is 37.3 Å². The first-order valence-electron chi connectivity index (χ1n) is 38.7. The van der Waals surface area contributed by atoms with Crippen LogP contribution in [0.25, 0.3) is 0 Å². The van der Waals surface area contributed by atoms with Gasteiger partial charge in [-0.05, 0) is 31.6 Å². The second-order valence-corrected chi connectivity index (χ2v) is 29.8. The third kappa shape index (κ3) is 67.0. The smallest absolute Gasteiger partial charge is 0.462 e. The second-order valence-electron chi connectivity index (χ2n) is 26.9. The number of unbranched alkanes of at least 4 members (excludes halogenated alkanes) is 45. The number of carbonyl (C=O) groups is 4. The molecule has 0 rings (SSSR count). The second kappa shape index (κ2) is 67.3. The summed E-state index contributed by atoms with van der Waals surface area (Å²) in [7, 11) is -9.89. The van der Waals surface area contributed by atoms with Gasteiger partial charge in [0, 0.05) is 25.7 Å². The molecule has 0 bridgehead atoms. The molecule has 0 heterocycles. The molecule has 3 unspecified atom stereocenters. The quantitative estimate of drug-likeness (QED) is 0.0222. The average molecular weight is 1370 g/mol. The molecule has 0 aliphatic rings. The Kier molecular flexibility index (Phi) is 65.9. The number of ether oxygens (including phenoxy) is 4. The molecule has 552 valence electrons. The Hall–Kier alpha value is -1.94. The summed E-state index contributed by atoms with van der Waals surface area (Å²) in [5, 5.41) is 10.6. The van der Waals surface area contributed by atoms with E-state index in [4.69, 9.17) is 37.0 Å². The molecule has 0 aromatic rings. The van der Waals surface area contributed by atoms with E-state index < -0.39 is 97.5 Å². The van der Waals surface area contributed by atoms with E-state index in [0.29, 0.717) is 25.7 Å². The number of rotatable bonds is 74. The van der Waals surface area contributed by atoms with Crippen molar-refractivity contribution in [1.29, 1.82) is 0 Å². The lowest BCUT2D eigenvalue weighted by Crippen LogP contribution is -2.30. The van der Waals surface area contributed by atoms with E-state index in [1.54, 1.807) is 0 Å². The van der Waals surface area contributed by atoms with E-state index >= 15 is 0 Å². The summed E-state index contributed by atoms with van der Waals surface area (Å²) in [6.07, 6.45) is 55.9. The lowest BCUT2D eigenvalue weighted by Gasteiger charge is -2.21. The third-order valence-electron chi connectivity index (χ3n) is 17.6. The Morgan fingerprint density at radius 1 is 0.301 bits per heavy atom. The topological polar surface area (TPSA) is 237 Å². The van der Waals surface area contributed by atoms with Crippen LogP contribution in [-0.4, -0.2) is 96.7 Å². The molecule has 0 aromatic heterocycles. The Morgan fingerprint density at radius 3 is 0.763 bits per heavy atom. The van der Waals surface area contributed by atoms with Crippen LogP contribution in [0.3, 0.4) is 0 Å². The first-order chi connectivity index (χ1) is 45.1. The number of phosphoric acid groups is 2. The van der Waals surface area contributed by atoms with Crippen LogP contribution < -0.4 is 0 Å². The van der Waals surface area contributed by atoms with Crippen molar-refractivity contribution >= 4 is 39.5 Å². The summed E-state index contributed by atoms with van der Waals surface area (Å²) in [5.41, 5.74) is 0. The van der Waals surface area contributed by atoms with Crippen molar-refractivity contribution in [3.8, 4) is 0 Å². The van der Waals surface area contributed by atoms with Gasteiger partial charge < -0.3 is 33.8 Å². The molecule has 0 saturated heterocycles. The monoisotopic (exact) mass is 1370 g/mol. The molecule has 0 aromatic carbocycles. The van der Waals surface area contributed by atoms with Crippen LogP contribution in [0, 0.1) is 5.92 Å². The van der Waals surface area contributed by atoms with Gasteiger partial charge in [-0.15, -0.1) is 0 Å². The van der Waals surface area contributed by atoms with Gasteiger partial charge in [-0.1, -0.05) is 336 Å². The van der Waals surface area contributed by atoms with Crippen molar-refractivity contribution in [2.24, 2.45) is 5.92 Å². The van der Waals surface area contributed by atoms with Crippen LogP contribution >= 0.6 is 15.6 Å². The van der Waals surface area contributed by atoms with Gasteiger partial charge in [0.25, 0.3) is 0 Å². The molecule has 0 fully saturated rings. The van der Waals surface area contributed by atoms with E-state index in [1.807, 2.05) is 0 Å². The van der Waals surface area contributed by atoms with Gasteiger partial charge in [0.1, 0.15) is 19.3 Å². The molecule has 3 N–H and O–H groups in total. The predicted octanol–water partition coefficient (Wildman–Crippen LogP) is 21.7. The van der Waals surface area contributed by atoms with Crippen molar-refractivity contribution in [3.05, 3.63) is 0 Å². The van der Waals surface area contributed by atoms with Crippen LogP contribution in [0.2, 0.25) is 0 Å². The van der Waals surface area contributed by atoms with Gasteiger partial charge >= 0.3 is 39.5 Å². The van der Waals surface area contributed by atoms with E-state index in [0.717, 1.165) is 102 Å². The molecule has 6 atom stereocenters. The largest absolute Gasteiger partial charge is 0.472 e. The summed E-state index contributed by atoms with van der Waals surface area (Å²) in [6, 6.07) is 0. The van der Waals surface area contributed by atoms with Gasteiger partial charge in [0.05, 0.1) is 26.4 Å². The van der Waals surface area contributed by atoms with E-state index in [-0.39, 0.29) is 25.7 Å². The van der Waals surface area contributed by atoms with Crippen LogP contribution in [-0.2, 0) is 65.4 Å². The lowest BCUT2D eigenvalue weighted by atomic mass is 9.99. The fourth-order valence-corrected chi connectivity index (χ4v) is 12.9. The van der Waals surface area contributed by atoms with Gasteiger partial charge in [0.15, 0.2) is 12.2 Å². The van der Waals surface area contributed by atoms with Crippen LogP contribution in [0.1, 0.15) is 388 Å². The SMILES string of the molecule is CCCCCCCCCCCCCCCCCCCCCC(=O)O[C@H](COC(=O)CCCCCCCCCCCCCCCCC(C)CC)COP(=O)(O)OC[C@@H](O)COP(=O)(O)OC[C@@H](COC(=O)CCCCCCC)OC(=O)CCCCCCCCCCCCC. The molecule has 0 amide bonds. The highest BCUT2D eigenvalue weighted by atomic mass is 31.2. The number of esters is 4. The van der Waals surface area contributed by atoms with E-state index in [9.17, 15) is 43.2 Å². The fraction of sp³-hybridized carbons (Fsp3) is 0.946. The van der Waals surface area contributed by atoms with E-state index in [1.165, 1.54) is 205 Å². The Labute approximate surface area is 568 Å². The molecule has 0 aliphatic carbocycles. The summed E-state index contributed by atoms with van der Waals surface area (Å²) in [4.78, 5) is 72.4. The number of aliphatic hydroxyl groups excluding tert-OH is 1. The standard InChI is InChI=1S/C74H144O17P2/c1-6-10-13-16-18-20-22-23-24-25-26-27-28-33-37-41-45-50-55-60-74(79)91-70(64-85-72(77)58-53-48-43-39-36-32-30-29-31-35-38-42-47-51-56-67(5)9-4)66-89-93(82,83)87-62-68(75)61-86-92(80,81)88-65-69(63-84-71(76)57-52-46-15-12-8-3)90-73(78)59-54-49-44-40-34-21-19-17-14-11-7-2/h67-70,75H,6-66H2,1-5H3,(H,80,81)(H,82,83)/t67?,68-,69+,70+/m0/s1. The molecular weight excluding hydrogens is 1220 g/mol. The molecule has 19 heteroatoms. The van der Waals surface area contributed by atoms with Crippen LogP contribution in [0.15, 0.2) is 0 Å². The van der Waals surface area contributed by atoms with Gasteiger partial charge in [0.2, 0.25) is 0 Å². The summed E-state index contributed by atoms with van der Waals surface area (Å²) in [6.45, 7) is 7.24. The highest BCUT2D eigenvalue weighted by molar-refractivity contribution is 7.47. The number of hydrogen-bond donors (Lipinski definition) is 3. The average Bonchev–Trinajstić information content (AvgIpc) is 3.75. The minimum absolute atomic E-state index is 0.106. The molecule has 0 radical (unpaired) electrons. The molecule has 0 saturated carbocycles. The molecule has 0 aliphatic heterocycles. The lowest BCUT2D eigenvalue weighted by molar-refractivity contribution is -0.161. The zero-order chi connectivity index (χ0) is 68.4. The van der Waals surface area contributed by atoms with Crippen molar-refractivity contribution in [1.82, 2.24) is 0 Å². The Balaban J connectivity index is 5.13. The summed E-state index contributed by atoms with van der Waals surface area (Å²) < 4.78 is 68.2. The molecule has 93 heavy (non-hydrogen) atoms. The summed E-state index contributed by atoms with van der Waals surface area (Å²) >= 11 is 0. The first-order valence-corrected chi connectivity index (χ1v) is 41.7. The maximum atomic E-state index is 13.1. The zero-order valence-corrected chi connectivity index (χ0v) is 62.2. The van der Waals surface area contributed by atoms with Crippen molar-refractivity contribution in [2.75, 3.05) is 39.6 Å². The van der Waals surface area contributed by atoms with Crippen molar-refractivity contribution in [3.63, 3.8) is 0 Å². The summed E-state index contributed by atoms with van der Waals surface area (Å²) in [5.74, 6) is -1.28. The number of phosphoric ester groups is 2. The zero-order valence-electron chi connectivity index (χ0n) is 60.4. The maximum Gasteiger partial charge on any atom is 0.472 e. The minimum Gasteiger partial charge on any atom is -0.462 e. The van der Waals surface area contributed by atoms with E-state index in [2.05, 4.69) is 34.6 Å². The third-order valence-corrected chi connectivity index (χ3v) is 19.5. The minimum atomic E-state index is -4.95. The van der Waals surface area contributed by atoms with Crippen molar-refractivity contribution in [2.45, 2.75) is 406 Å². The fourth-order valence-electron chi connectivity index (χ4n) is 11.3. The Bertz CT molecular complexity index is 1790. The van der Waals surface area contributed by atoms with Gasteiger partial charge in [-0.25, -0.2) is 9.13 Å². The number of aliphatic hydroxyl groups is 1. The first kappa shape index (κ1) is 91.1. The maximum absolute atomic E-state index is 13.1. The van der Waals surface area contributed by atoms with Crippen LogP contribution in [0.4, 0.5) is 0 Å². The number of hydrogen-bond acceptors (Lipinski definition) is 15. The highest BCUT2D eigenvalue weighted by Crippen LogP contribution is 2.45.